The van der Waals surface area contributed by atoms with Crippen molar-refractivity contribution in [2.45, 2.75) is 57.6 Å². The molecule has 2 fully saturated rings. The molecule has 4 nitrogen and oxygen atoms in total. The Hall–Kier alpha value is -0.160. The summed E-state index contributed by atoms with van der Waals surface area (Å²) in [5.41, 5.74) is 5.78. The van der Waals surface area contributed by atoms with E-state index in [9.17, 15) is 5.11 Å². The summed E-state index contributed by atoms with van der Waals surface area (Å²) in [5, 5.41) is 10.6. The van der Waals surface area contributed by atoms with E-state index >= 15 is 0 Å². The van der Waals surface area contributed by atoms with Crippen molar-refractivity contribution >= 4 is 0 Å². The van der Waals surface area contributed by atoms with E-state index in [2.05, 4.69) is 25.8 Å². The molecule has 1 aliphatic heterocycles. The molecule has 3 N–H and O–H groups in total. The fraction of sp³-hybridized carbons (Fsp3) is 1.00. The van der Waals surface area contributed by atoms with Gasteiger partial charge in [-0.25, -0.2) is 0 Å². The van der Waals surface area contributed by atoms with Gasteiger partial charge in [-0.05, 0) is 44.1 Å². The van der Waals surface area contributed by atoms with Crippen LogP contribution in [0.4, 0.5) is 0 Å². The fourth-order valence-electron chi connectivity index (χ4n) is 4.02. The number of nitrogens with zero attached hydrogens (tertiary/aromatic N) is 1. The van der Waals surface area contributed by atoms with Gasteiger partial charge in [0.25, 0.3) is 0 Å². The predicted octanol–water partition coefficient (Wildman–Crippen LogP) is 1.86. The minimum absolute atomic E-state index is 0.326. The summed E-state index contributed by atoms with van der Waals surface area (Å²) in [4.78, 5) is 2.29. The lowest BCUT2D eigenvalue weighted by Crippen LogP contribution is -2.49. The largest absolute Gasteiger partial charge is 0.388 e. The predicted molar refractivity (Wildman–Crippen MR) is 86.1 cm³/mol. The standard InChI is InChI=1S/C17H34N2O2/c1-13(2)14-4-5-16(18)15(10-14)11-19(3)12-17(20)6-8-21-9-7-17/h13-16,20H,4-12,18H2,1-3H3. The van der Waals surface area contributed by atoms with Crippen LogP contribution in [0, 0.1) is 17.8 Å². The van der Waals surface area contributed by atoms with Crippen molar-refractivity contribution < 1.29 is 9.84 Å². The summed E-state index contributed by atoms with van der Waals surface area (Å²) < 4.78 is 5.36. The SMILES string of the molecule is CC(C)C1CCC(N)C(CN(C)CC2(O)CCOCC2)C1. The van der Waals surface area contributed by atoms with E-state index in [1.165, 1.54) is 12.8 Å². The van der Waals surface area contributed by atoms with Gasteiger partial charge in [0.2, 0.25) is 0 Å². The average molecular weight is 298 g/mol. The van der Waals surface area contributed by atoms with Crippen LogP contribution in [0.3, 0.4) is 0 Å². The van der Waals surface area contributed by atoms with Crippen molar-refractivity contribution in [2.75, 3.05) is 33.4 Å². The van der Waals surface area contributed by atoms with Crippen LogP contribution < -0.4 is 5.73 Å². The quantitative estimate of drug-likeness (QED) is 0.813. The molecule has 0 bridgehead atoms. The summed E-state index contributed by atoms with van der Waals surface area (Å²) in [6.45, 7) is 7.77. The normalized spacial score (nSPS) is 33.6. The second-order valence-electron chi connectivity index (χ2n) is 7.77. The number of nitrogens with two attached hydrogens (primary N) is 1. The van der Waals surface area contributed by atoms with E-state index in [0.717, 1.165) is 44.2 Å². The second-order valence-corrected chi connectivity index (χ2v) is 7.77. The Morgan fingerprint density at radius 2 is 1.95 bits per heavy atom. The fourth-order valence-corrected chi connectivity index (χ4v) is 4.02. The summed E-state index contributed by atoms with van der Waals surface area (Å²) in [7, 11) is 2.12. The first-order chi connectivity index (χ1) is 9.89. The van der Waals surface area contributed by atoms with Gasteiger partial charge in [0, 0.05) is 45.2 Å². The van der Waals surface area contributed by atoms with Crippen LogP contribution in [-0.4, -0.2) is 55.0 Å². The minimum Gasteiger partial charge on any atom is -0.388 e. The Labute approximate surface area is 130 Å². The Balaban J connectivity index is 1.84. The van der Waals surface area contributed by atoms with Crippen molar-refractivity contribution in [2.24, 2.45) is 23.5 Å². The highest BCUT2D eigenvalue weighted by Gasteiger charge is 2.34. The van der Waals surface area contributed by atoms with Gasteiger partial charge >= 0.3 is 0 Å². The molecule has 0 radical (unpaired) electrons. The second kappa shape index (κ2) is 7.40. The highest BCUT2D eigenvalue weighted by molar-refractivity contribution is 4.88. The number of hydrogen-bond acceptors (Lipinski definition) is 4. The molecule has 124 valence electrons. The van der Waals surface area contributed by atoms with E-state index in [1.807, 2.05) is 0 Å². The average Bonchev–Trinajstić information content (AvgIpc) is 2.41. The van der Waals surface area contributed by atoms with Crippen LogP contribution in [0.2, 0.25) is 0 Å². The van der Waals surface area contributed by atoms with E-state index in [-0.39, 0.29) is 0 Å². The highest BCUT2D eigenvalue weighted by Crippen LogP contribution is 2.33. The van der Waals surface area contributed by atoms with E-state index in [1.54, 1.807) is 0 Å². The number of ether oxygens (including phenoxy) is 1. The molecular formula is C17H34N2O2. The molecule has 1 saturated heterocycles. The summed E-state index contributed by atoms with van der Waals surface area (Å²) in [5.74, 6) is 2.14. The maximum Gasteiger partial charge on any atom is 0.0817 e. The molecule has 0 spiro atoms. The first kappa shape index (κ1) is 17.2. The number of rotatable bonds is 5. The molecule has 4 heteroatoms. The first-order valence-electron chi connectivity index (χ1n) is 8.64. The van der Waals surface area contributed by atoms with Crippen LogP contribution in [0.25, 0.3) is 0 Å². The molecule has 3 unspecified atom stereocenters. The first-order valence-corrected chi connectivity index (χ1v) is 8.64. The van der Waals surface area contributed by atoms with Crippen LogP contribution in [0.5, 0.6) is 0 Å². The summed E-state index contributed by atoms with van der Waals surface area (Å²) in [6.07, 6.45) is 5.18. The Morgan fingerprint density at radius 3 is 2.57 bits per heavy atom. The van der Waals surface area contributed by atoms with Crippen LogP contribution in [-0.2, 0) is 4.74 Å². The Morgan fingerprint density at radius 1 is 1.29 bits per heavy atom. The van der Waals surface area contributed by atoms with E-state index < -0.39 is 5.60 Å². The maximum atomic E-state index is 10.6. The Bertz CT molecular complexity index is 316. The zero-order valence-corrected chi connectivity index (χ0v) is 14.1. The smallest absolute Gasteiger partial charge is 0.0817 e. The van der Waals surface area contributed by atoms with Crippen molar-refractivity contribution in [3.8, 4) is 0 Å². The van der Waals surface area contributed by atoms with Crippen molar-refractivity contribution in [3.63, 3.8) is 0 Å². The van der Waals surface area contributed by atoms with Gasteiger partial charge in [-0.1, -0.05) is 13.8 Å². The minimum atomic E-state index is -0.566. The van der Waals surface area contributed by atoms with Gasteiger partial charge in [-0.15, -0.1) is 0 Å². The lowest BCUT2D eigenvalue weighted by Gasteiger charge is -2.40. The summed E-state index contributed by atoms with van der Waals surface area (Å²) in [6, 6.07) is 0.326. The van der Waals surface area contributed by atoms with Crippen LogP contribution in [0.15, 0.2) is 0 Å². The number of likely N-dealkylation sites (N-methyl/N-ethyl adjacent to an activating group) is 1. The molecule has 1 saturated carbocycles. The third kappa shape index (κ3) is 4.92. The van der Waals surface area contributed by atoms with Crippen LogP contribution in [0.1, 0.15) is 46.0 Å². The molecule has 21 heavy (non-hydrogen) atoms. The number of aliphatic hydroxyl groups is 1. The molecule has 0 amide bonds. The van der Waals surface area contributed by atoms with Crippen molar-refractivity contribution in [1.82, 2.24) is 4.90 Å². The van der Waals surface area contributed by atoms with Crippen molar-refractivity contribution in [1.29, 1.82) is 0 Å². The molecule has 2 rings (SSSR count). The molecular weight excluding hydrogens is 264 g/mol. The zero-order valence-electron chi connectivity index (χ0n) is 14.1. The van der Waals surface area contributed by atoms with Gasteiger partial charge in [-0.3, -0.25) is 0 Å². The van der Waals surface area contributed by atoms with Gasteiger partial charge in [0.15, 0.2) is 0 Å². The molecule has 0 aromatic heterocycles. The van der Waals surface area contributed by atoms with E-state index in [4.69, 9.17) is 10.5 Å². The molecule has 2 aliphatic rings. The molecule has 3 atom stereocenters. The van der Waals surface area contributed by atoms with E-state index in [0.29, 0.717) is 25.2 Å². The molecule has 1 heterocycles. The van der Waals surface area contributed by atoms with Crippen LogP contribution >= 0.6 is 0 Å². The van der Waals surface area contributed by atoms with Gasteiger partial charge in [-0.2, -0.15) is 0 Å². The lowest BCUT2D eigenvalue weighted by molar-refractivity contribution is -0.0790. The maximum absolute atomic E-state index is 10.6. The monoisotopic (exact) mass is 298 g/mol. The van der Waals surface area contributed by atoms with Gasteiger partial charge in [0.05, 0.1) is 5.60 Å². The third-order valence-electron chi connectivity index (χ3n) is 5.56. The Kier molecular flexibility index (Phi) is 6.06. The molecule has 1 aliphatic carbocycles. The summed E-state index contributed by atoms with van der Waals surface area (Å²) >= 11 is 0. The lowest BCUT2D eigenvalue weighted by atomic mass is 9.73. The van der Waals surface area contributed by atoms with Gasteiger partial charge in [0.1, 0.15) is 0 Å². The topological polar surface area (TPSA) is 58.7 Å². The molecule has 0 aromatic carbocycles. The highest BCUT2D eigenvalue weighted by atomic mass is 16.5. The number of hydrogen-bond donors (Lipinski definition) is 2. The third-order valence-corrected chi connectivity index (χ3v) is 5.56. The molecule has 0 aromatic rings. The van der Waals surface area contributed by atoms with Crippen molar-refractivity contribution in [3.05, 3.63) is 0 Å². The zero-order chi connectivity index (χ0) is 15.5. The van der Waals surface area contributed by atoms with Gasteiger partial charge < -0.3 is 20.5 Å².